The van der Waals surface area contributed by atoms with E-state index < -0.39 is 17.1 Å². The molecular weight excluding hydrogens is 469 g/mol. The van der Waals surface area contributed by atoms with Gasteiger partial charge in [-0.25, -0.2) is 4.39 Å². The Labute approximate surface area is 216 Å². The van der Waals surface area contributed by atoms with Crippen LogP contribution in [0, 0.1) is 22.6 Å². The summed E-state index contributed by atoms with van der Waals surface area (Å²) in [5.41, 5.74) is 0.869. The monoisotopic (exact) mass is 503 g/mol. The Morgan fingerprint density at radius 1 is 1.16 bits per heavy atom. The molecule has 2 aromatic carbocycles. The number of hydrogen-bond acceptors (Lipinski definition) is 5. The first-order chi connectivity index (χ1) is 17.8. The number of rotatable bonds is 5. The topological polar surface area (TPSA) is 62.2 Å². The minimum absolute atomic E-state index is 0.183. The number of benzene rings is 2. The fourth-order valence-electron chi connectivity index (χ4n) is 9.55. The Morgan fingerprint density at radius 2 is 1.95 bits per heavy atom. The van der Waals surface area contributed by atoms with E-state index in [0.717, 1.165) is 38.3 Å². The molecule has 2 N–H and O–H groups in total. The Morgan fingerprint density at radius 3 is 2.68 bits per heavy atom. The molecule has 1 saturated heterocycles. The fraction of sp³-hybridized carbons (Fsp3) is 0.548. The van der Waals surface area contributed by atoms with Crippen LogP contribution in [0.15, 0.2) is 48.6 Å². The van der Waals surface area contributed by atoms with Crippen LogP contribution < -0.4 is 4.74 Å². The average molecular weight is 504 g/mol. The normalized spacial score (nSPS) is 41.4. The molecule has 7 atom stereocenters. The number of aliphatic hydroxyl groups is 1. The van der Waals surface area contributed by atoms with Crippen LogP contribution in [0.25, 0.3) is 0 Å². The van der Waals surface area contributed by atoms with E-state index in [-0.39, 0.29) is 34.5 Å². The maximum absolute atomic E-state index is 13.8. The van der Waals surface area contributed by atoms with Crippen molar-refractivity contribution in [3.05, 3.63) is 71.1 Å². The number of aliphatic hydroxyl groups excluding tert-OH is 1. The van der Waals surface area contributed by atoms with Crippen LogP contribution in [0.1, 0.15) is 55.4 Å². The predicted molar refractivity (Wildman–Crippen MR) is 136 cm³/mol. The summed E-state index contributed by atoms with van der Waals surface area (Å²) in [4.78, 5) is 2.72. The Kier molecular flexibility index (Phi) is 4.24. The van der Waals surface area contributed by atoms with Crippen molar-refractivity contribution < 1.29 is 24.1 Å². The highest BCUT2D eigenvalue weighted by Gasteiger charge is 2.82. The van der Waals surface area contributed by atoms with Crippen LogP contribution in [-0.2, 0) is 16.6 Å². The second-order valence-corrected chi connectivity index (χ2v) is 12.7. The zero-order valence-corrected chi connectivity index (χ0v) is 21.4. The highest BCUT2D eigenvalue weighted by molar-refractivity contribution is 5.65. The molecule has 5 aliphatic carbocycles. The first kappa shape index (κ1) is 22.6. The van der Waals surface area contributed by atoms with E-state index in [2.05, 4.69) is 30.0 Å². The van der Waals surface area contributed by atoms with Crippen LogP contribution in [0.5, 0.6) is 11.5 Å². The number of methoxy groups -OCH3 is 1. The van der Waals surface area contributed by atoms with E-state index in [4.69, 9.17) is 9.47 Å². The summed E-state index contributed by atoms with van der Waals surface area (Å²) >= 11 is 0. The average Bonchev–Trinajstić information content (AvgIpc) is 3.64. The fourth-order valence-corrected chi connectivity index (χ4v) is 9.55. The van der Waals surface area contributed by atoms with Gasteiger partial charge in [-0.3, -0.25) is 4.90 Å². The molecule has 1 unspecified atom stereocenters. The minimum Gasteiger partial charge on any atom is -0.504 e. The molecule has 2 spiro atoms. The van der Waals surface area contributed by atoms with Crippen LogP contribution >= 0.6 is 0 Å². The number of phenolic OH excluding ortho intramolecular Hbond substituents is 1. The van der Waals surface area contributed by atoms with Crippen molar-refractivity contribution >= 4 is 0 Å². The molecule has 194 valence electrons. The van der Waals surface area contributed by atoms with Crippen LogP contribution in [0.4, 0.5) is 4.39 Å². The molecule has 5 nitrogen and oxygen atoms in total. The van der Waals surface area contributed by atoms with Crippen molar-refractivity contribution in [2.75, 3.05) is 20.2 Å². The molecule has 2 saturated carbocycles. The minimum atomic E-state index is -0.925. The number of phenols is 1. The standard InChI is InChI=1S/C31H34FNO4/c1-28(26(35)19-5-8-21(32)9-6-19)17-29-11-12-31(28,36-2)27-30(29)13-14-33(16-18-3-4-18)23(29)15-20-7-10-22(34)25(37-27)24(20)30/h5-12,18,23,26-27,34-35H,3-4,13-17H2,1-2H3/t23-,26?,27-,28-,29-,30+,31+/m1/s1. The van der Waals surface area contributed by atoms with Gasteiger partial charge in [0, 0.05) is 36.1 Å². The molecule has 6 heteroatoms. The number of hydrogen-bond donors (Lipinski definition) is 2. The third-order valence-corrected chi connectivity index (χ3v) is 11.3. The second kappa shape index (κ2) is 6.96. The molecule has 2 heterocycles. The SMILES string of the molecule is CO[C@]12C=C[C@@]3(C[C@]1(C)C(O)c1ccc(F)cc1)[C@H]1Cc4ccc(O)c5c4[C@@]3(CCN1CC1CC1)[C@H]2O5. The van der Waals surface area contributed by atoms with Crippen molar-refractivity contribution in [2.24, 2.45) is 16.7 Å². The first-order valence-electron chi connectivity index (χ1n) is 13.7. The van der Waals surface area contributed by atoms with E-state index >= 15 is 0 Å². The Hall–Kier alpha value is -2.41. The number of aromatic hydroxyl groups is 1. The summed E-state index contributed by atoms with van der Waals surface area (Å²) in [5.74, 6) is 1.25. The Balaban J connectivity index is 1.37. The van der Waals surface area contributed by atoms with E-state index in [1.165, 1.54) is 36.1 Å². The van der Waals surface area contributed by atoms with Crippen LogP contribution in [0.3, 0.4) is 0 Å². The molecule has 0 amide bonds. The van der Waals surface area contributed by atoms with Gasteiger partial charge in [0.05, 0.1) is 11.5 Å². The highest BCUT2D eigenvalue weighted by atomic mass is 19.1. The van der Waals surface area contributed by atoms with Gasteiger partial charge in [-0.15, -0.1) is 0 Å². The van der Waals surface area contributed by atoms with E-state index in [1.807, 2.05) is 0 Å². The Bertz CT molecular complexity index is 1340. The van der Waals surface area contributed by atoms with Crippen molar-refractivity contribution in [3.63, 3.8) is 0 Å². The van der Waals surface area contributed by atoms with E-state index in [1.54, 1.807) is 25.3 Å². The van der Waals surface area contributed by atoms with E-state index in [0.29, 0.717) is 11.3 Å². The van der Waals surface area contributed by atoms with Crippen molar-refractivity contribution in [1.82, 2.24) is 4.90 Å². The van der Waals surface area contributed by atoms with Gasteiger partial charge in [-0.2, -0.15) is 0 Å². The van der Waals surface area contributed by atoms with Gasteiger partial charge in [0.2, 0.25) is 0 Å². The zero-order chi connectivity index (χ0) is 25.4. The van der Waals surface area contributed by atoms with Gasteiger partial charge in [-0.1, -0.05) is 37.3 Å². The van der Waals surface area contributed by atoms with Crippen molar-refractivity contribution in [3.8, 4) is 11.5 Å². The van der Waals surface area contributed by atoms with Crippen LogP contribution in [-0.4, -0.2) is 53.1 Å². The van der Waals surface area contributed by atoms with Gasteiger partial charge < -0.3 is 19.7 Å². The lowest BCUT2D eigenvalue weighted by Crippen LogP contribution is -2.81. The number of halogens is 1. The predicted octanol–water partition coefficient (Wildman–Crippen LogP) is 4.66. The molecule has 9 rings (SSSR count). The number of ether oxygens (including phenoxy) is 2. The summed E-state index contributed by atoms with van der Waals surface area (Å²) in [5, 5.41) is 23.1. The number of fused-ring (bicyclic) bond motifs is 1. The third-order valence-electron chi connectivity index (χ3n) is 11.3. The first-order valence-corrected chi connectivity index (χ1v) is 13.7. The maximum atomic E-state index is 13.8. The van der Waals surface area contributed by atoms with Crippen LogP contribution in [0.2, 0.25) is 0 Å². The molecule has 4 bridgehead atoms. The highest BCUT2D eigenvalue weighted by Crippen LogP contribution is 2.78. The lowest BCUT2D eigenvalue weighted by molar-refractivity contribution is -0.270. The second-order valence-electron chi connectivity index (χ2n) is 12.7. The zero-order valence-electron chi connectivity index (χ0n) is 21.4. The molecule has 2 aromatic rings. The molecule has 3 fully saturated rings. The molecule has 2 aliphatic heterocycles. The van der Waals surface area contributed by atoms with Gasteiger partial charge >= 0.3 is 0 Å². The number of likely N-dealkylation sites (tertiary alicyclic amines) is 1. The summed E-state index contributed by atoms with van der Waals surface area (Å²) < 4.78 is 27.1. The lowest BCUT2D eigenvalue weighted by Gasteiger charge is -2.74. The van der Waals surface area contributed by atoms with Gasteiger partial charge in [-0.05, 0) is 73.9 Å². The molecule has 0 radical (unpaired) electrons. The molecule has 37 heavy (non-hydrogen) atoms. The maximum Gasteiger partial charge on any atom is 0.165 e. The lowest BCUT2D eigenvalue weighted by atomic mass is 9.33. The smallest absolute Gasteiger partial charge is 0.165 e. The summed E-state index contributed by atoms with van der Waals surface area (Å²) in [6, 6.07) is 10.4. The van der Waals surface area contributed by atoms with Crippen molar-refractivity contribution in [1.29, 1.82) is 0 Å². The molecule has 7 aliphatic rings. The quantitative estimate of drug-likeness (QED) is 0.582. The summed E-state index contributed by atoms with van der Waals surface area (Å²) in [6.07, 6.45) is 8.50. The van der Waals surface area contributed by atoms with Crippen molar-refractivity contribution in [2.45, 2.75) is 68.3 Å². The number of nitrogens with zero attached hydrogens (tertiary/aromatic N) is 1. The largest absolute Gasteiger partial charge is 0.504 e. The summed E-state index contributed by atoms with van der Waals surface area (Å²) in [7, 11) is 1.71. The van der Waals surface area contributed by atoms with Gasteiger partial charge in [0.15, 0.2) is 11.5 Å². The number of piperidine rings is 1. The molecule has 0 aromatic heterocycles. The molecular formula is C31H34FNO4. The summed E-state index contributed by atoms with van der Waals surface area (Å²) in [6.45, 7) is 4.24. The van der Waals surface area contributed by atoms with Gasteiger partial charge in [0.25, 0.3) is 0 Å². The van der Waals surface area contributed by atoms with E-state index in [9.17, 15) is 14.6 Å². The van der Waals surface area contributed by atoms with Gasteiger partial charge in [0.1, 0.15) is 17.5 Å². The third kappa shape index (κ3) is 2.42.